The number of carbonyl (C=O) groups is 1. The second-order valence-electron chi connectivity index (χ2n) is 2.66. The molecular formula is C8H15NO4. The molecule has 0 aromatic rings. The Bertz CT molecular complexity index is 181. The van der Waals surface area contributed by atoms with Crippen molar-refractivity contribution >= 4 is 5.97 Å². The van der Waals surface area contributed by atoms with Gasteiger partial charge in [0.05, 0.1) is 6.42 Å². The minimum Gasteiger partial charge on any atom is -0.481 e. The van der Waals surface area contributed by atoms with Gasteiger partial charge in [0, 0.05) is 6.54 Å². The van der Waals surface area contributed by atoms with E-state index in [2.05, 4.69) is 6.58 Å². The maximum atomic E-state index is 10.2. The molecule has 0 aliphatic heterocycles. The molecule has 76 valence electrons. The van der Waals surface area contributed by atoms with Crippen LogP contribution in [0, 0.1) is 0 Å². The summed E-state index contributed by atoms with van der Waals surface area (Å²) in [6.07, 6.45) is -0.809. The largest absolute Gasteiger partial charge is 0.481 e. The topological polar surface area (TPSA) is 81.0 Å². The lowest BCUT2D eigenvalue weighted by molar-refractivity contribution is -0.139. The quantitative estimate of drug-likeness (QED) is 0.391. The van der Waals surface area contributed by atoms with E-state index in [1.54, 1.807) is 0 Å². The molecule has 2 unspecified atom stereocenters. The van der Waals surface area contributed by atoms with Crippen molar-refractivity contribution in [2.45, 2.75) is 25.8 Å². The molecule has 0 spiro atoms. The van der Waals surface area contributed by atoms with Crippen molar-refractivity contribution in [3.05, 3.63) is 12.7 Å². The highest BCUT2D eigenvalue weighted by Gasteiger charge is 2.17. The van der Waals surface area contributed by atoms with Crippen LogP contribution in [0.2, 0.25) is 0 Å². The number of aliphatic hydroxyl groups excluding tert-OH is 2. The summed E-state index contributed by atoms with van der Waals surface area (Å²) in [6, 6.07) is 0. The average Bonchev–Trinajstić information content (AvgIpc) is 2.03. The van der Waals surface area contributed by atoms with E-state index in [0.29, 0.717) is 0 Å². The smallest absolute Gasteiger partial charge is 0.304 e. The summed E-state index contributed by atoms with van der Waals surface area (Å²) < 4.78 is 0. The molecule has 13 heavy (non-hydrogen) atoms. The van der Waals surface area contributed by atoms with Crippen molar-refractivity contribution in [2.75, 3.05) is 6.54 Å². The third kappa shape index (κ3) is 4.62. The van der Waals surface area contributed by atoms with Crippen LogP contribution in [0.15, 0.2) is 12.7 Å². The van der Waals surface area contributed by atoms with Crippen LogP contribution in [0.1, 0.15) is 13.3 Å². The van der Waals surface area contributed by atoms with Crippen molar-refractivity contribution in [2.24, 2.45) is 0 Å². The molecule has 0 fully saturated rings. The number of rotatable bonds is 6. The second kappa shape index (κ2) is 5.69. The van der Waals surface area contributed by atoms with Crippen LogP contribution < -0.4 is 0 Å². The summed E-state index contributed by atoms with van der Waals surface area (Å²) >= 11 is 0. The minimum atomic E-state index is -1.01. The van der Waals surface area contributed by atoms with Crippen LogP contribution in [0.3, 0.4) is 0 Å². The first-order valence-electron chi connectivity index (χ1n) is 3.95. The molecule has 0 heterocycles. The monoisotopic (exact) mass is 189 g/mol. The van der Waals surface area contributed by atoms with Gasteiger partial charge in [0.2, 0.25) is 0 Å². The Morgan fingerprint density at radius 3 is 2.46 bits per heavy atom. The molecule has 0 aromatic carbocycles. The normalized spacial score (nSPS) is 15.4. The molecular weight excluding hydrogens is 174 g/mol. The zero-order valence-electron chi connectivity index (χ0n) is 7.55. The van der Waals surface area contributed by atoms with E-state index in [0.717, 1.165) is 0 Å². The molecule has 0 aromatic heterocycles. The fraction of sp³-hybridized carbons (Fsp3) is 0.625. The third-order valence-corrected chi connectivity index (χ3v) is 1.61. The van der Waals surface area contributed by atoms with Gasteiger partial charge in [0.1, 0.15) is 12.5 Å². The van der Waals surface area contributed by atoms with Crippen molar-refractivity contribution in [1.82, 2.24) is 4.90 Å². The van der Waals surface area contributed by atoms with Gasteiger partial charge in [-0.25, -0.2) is 4.90 Å². The highest BCUT2D eigenvalue weighted by Crippen LogP contribution is 2.03. The van der Waals surface area contributed by atoms with Crippen LogP contribution in [-0.2, 0) is 4.79 Å². The number of carboxylic acid groups (broad SMARTS) is 1. The predicted octanol–water partition coefficient (Wildman–Crippen LogP) is -0.394. The molecule has 0 bridgehead atoms. The molecule has 5 nitrogen and oxygen atoms in total. The van der Waals surface area contributed by atoms with Gasteiger partial charge in [-0.3, -0.25) is 4.79 Å². The molecule has 3 N–H and O–H groups in total. The molecule has 0 radical (unpaired) electrons. The summed E-state index contributed by atoms with van der Waals surface area (Å²) in [6.45, 7) is 4.88. The van der Waals surface area contributed by atoms with Gasteiger partial charge in [-0.1, -0.05) is 6.58 Å². The molecule has 0 aliphatic carbocycles. The molecule has 0 saturated carbocycles. The van der Waals surface area contributed by atoms with Crippen molar-refractivity contribution in [3.63, 3.8) is 0 Å². The maximum absolute atomic E-state index is 10.2. The summed E-state index contributed by atoms with van der Waals surface area (Å²) in [5, 5.41) is 26.8. The molecule has 5 heteroatoms. The van der Waals surface area contributed by atoms with E-state index in [4.69, 9.17) is 10.2 Å². The summed E-state index contributed by atoms with van der Waals surface area (Å²) in [7, 11) is 0. The van der Waals surface area contributed by atoms with Crippen LogP contribution in [-0.4, -0.2) is 45.2 Å². The second-order valence-corrected chi connectivity index (χ2v) is 2.66. The number of aliphatic hydroxyl groups is 2. The van der Waals surface area contributed by atoms with Gasteiger partial charge in [-0.05, 0) is 13.0 Å². The number of aliphatic carboxylic acids is 1. The Hall–Kier alpha value is -0.910. The maximum Gasteiger partial charge on any atom is 0.304 e. The molecule has 0 rings (SSSR count). The van der Waals surface area contributed by atoms with Gasteiger partial charge in [-0.15, -0.1) is 0 Å². The van der Waals surface area contributed by atoms with Crippen molar-refractivity contribution in [1.29, 1.82) is 0 Å². The first-order valence-corrected chi connectivity index (χ1v) is 3.95. The van der Waals surface area contributed by atoms with Crippen molar-refractivity contribution in [3.8, 4) is 0 Å². The lowest BCUT2D eigenvalue weighted by Gasteiger charge is -2.27. The number of nitrogens with zero attached hydrogens (tertiary/aromatic N) is 1. The summed E-state index contributed by atoms with van der Waals surface area (Å²) in [5.74, 6) is -0.970. The van der Waals surface area contributed by atoms with Gasteiger partial charge in [0.25, 0.3) is 0 Å². The number of hydrogen-bond acceptors (Lipinski definition) is 4. The number of carboxylic acids is 1. The highest BCUT2D eigenvalue weighted by molar-refractivity contribution is 5.66. The van der Waals surface area contributed by atoms with Gasteiger partial charge >= 0.3 is 5.97 Å². The van der Waals surface area contributed by atoms with E-state index >= 15 is 0 Å². The van der Waals surface area contributed by atoms with Crippen LogP contribution in [0.4, 0.5) is 0 Å². The average molecular weight is 189 g/mol. The SMILES string of the molecule is C=CC(O)N(CCC(=O)O)C(C)O. The fourth-order valence-electron chi connectivity index (χ4n) is 0.900. The van der Waals surface area contributed by atoms with Crippen molar-refractivity contribution < 1.29 is 20.1 Å². The molecule has 2 atom stereocenters. The standard InChI is InChI=1S/C8H15NO4/c1-3-7(11)9(6(2)10)5-4-8(12)13/h3,6-7,10-11H,1,4-5H2,2H3,(H,12,13). The summed E-state index contributed by atoms with van der Waals surface area (Å²) in [5.41, 5.74) is 0. The molecule has 0 amide bonds. The lowest BCUT2D eigenvalue weighted by Crippen LogP contribution is -2.41. The zero-order valence-corrected chi connectivity index (χ0v) is 7.55. The van der Waals surface area contributed by atoms with Crippen LogP contribution >= 0.6 is 0 Å². The minimum absolute atomic E-state index is 0.0835. The Morgan fingerprint density at radius 1 is 1.62 bits per heavy atom. The van der Waals surface area contributed by atoms with Crippen LogP contribution in [0.5, 0.6) is 0 Å². The lowest BCUT2D eigenvalue weighted by atomic mass is 10.3. The highest BCUT2D eigenvalue weighted by atomic mass is 16.4. The first kappa shape index (κ1) is 12.1. The van der Waals surface area contributed by atoms with E-state index in [1.807, 2.05) is 0 Å². The predicted molar refractivity (Wildman–Crippen MR) is 46.8 cm³/mol. The summed E-state index contributed by atoms with van der Waals surface area (Å²) in [4.78, 5) is 11.4. The fourth-order valence-corrected chi connectivity index (χ4v) is 0.900. The van der Waals surface area contributed by atoms with E-state index < -0.39 is 18.4 Å². The zero-order chi connectivity index (χ0) is 10.4. The van der Waals surface area contributed by atoms with E-state index in [9.17, 15) is 9.90 Å². The van der Waals surface area contributed by atoms with E-state index in [1.165, 1.54) is 17.9 Å². The molecule has 0 saturated heterocycles. The van der Waals surface area contributed by atoms with Gasteiger partial charge < -0.3 is 15.3 Å². The molecule has 0 aliphatic rings. The van der Waals surface area contributed by atoms with E-state index in [-0.39, 0.29) is 13.0 Å². The Kier molecular flexibility index (Phi) is 5.29. The van der Waals surface area contributed by atoms with Crippen LogP contribution in [0.25, 0.3) is 0 Å². The van der Waals surface area contributed by atoms with Gasteiger partial charge in [-0.2, -0.15) is 0 Å². The number of hydrogen-bond donors (Lipinski definition) is 3. The first-order chi connectivity index (χ1) is 5.99. The third-order valence-electron chi connectivity index (χ3n) is 1.61. The Balaban J connectivity index is 4.09. The van der Waals surface area contributed by atoms with Gasteiger partial charge in [0.15, 0.2) is 0 Å². The Labute approximate surface area is 76.9 Å². The Morgan fingerprint density at radius 2 is 2.15 bits per heavy atom.